The molecular weight excluding hydrogens is 168 g/mol. The summed E-state index contributed by atoms with van der Waals surface area (Å²) in [5, 5.41) is 11.7. The number of likely N-dealkylation sites (N-methyl/N-ethyl adjacent to an activating group) is 1. The van der Waals surface area contributed by atoms with Crippen molar-refractivity contribution in [2.45, 2.75) is 12.5 Å². The highest BCUT2D eigenvalue weighted by Crippen LogP contribution is 2.07. The molecule has 0 aromatic carbocycles. The van der Waals surface area contributed by atoms with Crippen LogP contribution in [0.2, 0.25) is 0 Å². The third kappa shape index (κ3) is 3.57. The van der Waals surface area contributed by atoms with Gasteiger partial charge in [0.2, 0.25) is 5.91 Å². The van der Waals surface area contributed by atoms with Gasteiger partial charge in [-0.15, -0.1) is 0 Å². The summed E-state index contributed by atoms with van der Waals surface area (Å²) in [4.78, 5) is 12.9. The lowest BCUT2D eigenvalue weighted by molar-refractivity contribution is -0.116. The molecule has 0 aromatic rings. The molecule has 0 aliphatic carbocycles. The first-order valence-electron chi connectivity index (χ1n) is 4.51. The summed E-state index contributed by atoms with van der Waals surface area (Å²) < 4.78 is 0. The normalized spacial score (nSPS) is 24.0. The van der Waals surface area contributed by atoms with Gasteiger partial charge in [0.15, 0.2) is 0 Å². The molecule has 1 amide bonds. The predicted molar refractivity (Wildman–Crippen MR) is 50.3 cm³/mol. The molecule has 1 aliphatic rings. The van der Waals surface area contributed by atoms with Crippen molar-refractivity contribution >= 4 is 5.91 Å². The maximum absolute atomic E-state index is 10.8. The van der Waals surface area contributed by atoms with E-state index in [1.54, 1.807) is 7.05 Å². The third-order valence-corrected chi connectivity index (χ3v) is 2.13. The number of nitrogens with zero attached hydrogens (tertiary/aromatic N) is 1. The Morgan fingerprint density at radius 1 is 1.77 bits per heavy atom. The molecule has 1 rings (SSSR count). The van der Waals surface area contributed by atoms with Crippen LogP contribution in [0.1, 0.15) is 6.42 Å². The molecule has 0 radical (unpaired) electrons. The minimum Gasteiger partial charge on any atom is -0.392 e. The average molecular weight is 184 g/mol. The highest BCUT2D eigenvalue weighted by Gasteiger charge is 2.18. The minimum atomic E-state index is -0.187. The molecule has 1 unspecified atom stereocenters. The minimum absolute atomic E-state index is 0.0836. The van der Waals surface area contributed by atoms with Gasteiger partial charge < -0.3 is 10.4 Å². The Morgan fingerprint density at radius 2 is 2.54 bits per heavy atom. The Hall–Kier alpha value is -0.870. The van der Waals surface area contributed by atoms with Gasteiger partial charge in [0.05, 0.1) is 6.10 Å². The first-order chi connectivity index (χ1) is 6.22. The van der Waals surface area contributed by atoms with Crippen molar-refractivity contribution < 1.29 is 9.90 Å². The van der Waals surface area contributed by atoms with Crippen LogP contribution < -0.4 is 5.32 Å². The first-order valence-corrected chi connectivity index (χ1v) is 4.51. The quantitative estimate of drug-likeness (QED) is 0.573. The maximum atomic E-state index is 10.8. The fraction of sp³-hybridized carbons (Fsp3) is 0.667. The second-order valence-corrected chi connectivity index (χ2v) is 3.22. The number of β-amino-alcohol motifs (C(OH)–C–C–N with tert-alkyl or cyclic N) is 1. The molecule has 4 nitrogen and oxygen atoms in total. The van der Waals surface area contributed by atoms with Crippen LogP contribution >= 0.6 is 0 Å². The Labute approximate surface area is 78.2 Å². The number of rotatable bonds is 3. The van der Waals surface area contributed by atoms with Crippen LogP contribution in [-0.4, -0.2) is 48.7 Å². The predicted octanol–water partition coefficient (Wildman–Crippen LogP) is -0.645. The molecule has 1 atom stereocenters. The van der Waals surface area contributed by atoms with Gasteiger partial charge in [-0.1, -0.05) is 6.08 Å². The molecule has 1 saturated heterocycles. The first kappa shape index (κ1) is 10.2. The number of nitrogens with one attached hydrogen (secondary N) is 1. The van der Waals surface area contributed by atoms with Gasteiger partial charge in [-0.3, -0.25) is 9.69 Å². The number of likely N-dealkylation sites (tertiary alicyclic amines) is 1. The number of aliphatic hydroxyl groups is 1. The molecule has 13 heavy (non-hydrogen) atoms. The van der Waals surface area contributed by atoms with E-state index < -0.39 is 0 Å². The number of carbonyl (C=O) groups is 1. The van der Waals surface area contributed by atoms with Gasteiger partial charge in [-0.25, -0.2) is 0 Å². The Balaban J connectivity index is 2.19. The van der Waals surface area contributed by atoms with Crippen molar-refractivity contribution in [2.24, 2.45) is 0 Å². The van der Waals surface area contributed by atoms with Crippen molar-refractivity contribution in [3.05, 3.63) is 12.2 Å². The lowest BCUT2D eigenvalue weighted by Crippen LogP contribution is -2.22. The SMILES string of the molecule is CNC(=O)C=CCN1CCC(O)C1. The van der Waals surface area contributed by atoms with Crippen LogP contribution in [0.15, 0.2) is 12.2 Å². The topological polar surface area (TPSA) is 52.6 Å². The van der Waals surface area contributed by atoms with Gasteiger partial charge in [-0.2, -0.15) is 0 Å². The number of carbonyl (C=O) groups excluding carboxylic acids is 1. The van der Waals surface area contributed by atoms with Gasteiger partial charge in [0.25, 0.3) is 0 Å². The van der Waals surface area contributed by atoms with E-state index in [4.69, 9.17) is 0 Å². The van der Waals surface area contributed by atoms with E-state index in [0.29, 0.717) is 0 Å². The molecule has 1 fully saturated rings. The van der Waals surface area contributed by atoms with Crippen LogP contribution in [0.3, 0.4) is 0 Å². The Kier molecular flexibility index (Phi) is 3.92. The third-order valence-electron chi connectivity index (χ3n) is 2.13. The molecule has 0 bridgehead atoms. The van der Waals surface area contributed by atoms with Crippen molar-refractivity contribution in [2.75, 3.05) is 26.7 Å². The highest BCUT2D eigenvalue weighted by molar-refractivity contribution is 5.87. The van der Waals surface area contributed by atoms with Gasteiger partial charge in [-0.05, 0) is 6.42 Å². The molecule has 2 N–H and O–H groups in total. The number of hydrogen-bond acceptors (Lipinski definition) is 3. The molecular formula is C9H16N2O2. The Bertz CT molecular complexity index is 204. The zero-order chi connectivity index (χ0) is 9.68. The molecule has 74 valence electrons. The summed E-state index contributed by atoms with van der Waals surface area (Å²) >= 11 is 0. The maximum Gasteiger partial charge on any atom is 0.243 e. The summed E-state index contributed by atoms with van der Waals surface area (Å²) in [5.74, 6) is -0.0836. The summed E-state index contributed by atoms with van der Waals surface area (Å²) in [6, 6.07) is 0. The van der Waals surface area contributed by atoms with Crippen LogP contribution in [0.4, 0.5) is 0 Å². The van der Waals surface area contributed by atoms with E-state index in [2.05, 4.69) is 10.2 Å². The summed E-state index contributed by atoms with van der Waals surface area (Å²) in [7, 11) is 1.60. The molecule has 0 aromatic heterocycles. The van der Waals surface area contributed by atoms with Crippen LogP contribution in [0.5, 0.6) is 0 Å². The van der Waals surface area contributed by atoms with E-state index in [9.17, 15) is 9.90 Å². The monoisotopic (exact) mass is 184 g/mol. The Morgan fingerprint density at radius 3 is 3.08 bits per heavy atom. The summed E-state index contributed by atoms with van der Waals surface area (Å²) in [6.45, 7) is 2.38. The van der Waals surface area contributed by atoms with E-state index in [0.717, 1.165) is 26.1 Å². The van der Waals surface area contributed by atoms with E-state index in [1.165, 1.54) is 6.08 Å². The highest BCUT2D eigenvalue weighted by atomic mass is 16.3. The van der Waals surface area contributed by atoms with Crippen molar-refractivity contribution in [1.82, 2.24) is 10.2 Å². The fourth-order valence-electron chi connectivity index (χ4n) is 1.37. The summed E-state index contributed by atoms with van der Waals surface area (Å²) in [6.07, 6.45) is 3.99. The fourth-order valence-corrected chi connectivity index (χ4v) is 1.37. The lowest BCUT2D eigenvalue weighted by Gasteiger charge is -2.10. The van der Waals surface area contributed by atoms with E-state index in [1.807, 2.05) is 6.08 Å². The zero-order valence-electron chi connectivity index (χ0n) is 7.86. The van der Waals surface area contributed by atoms with Crippen LogP contribution in [0, 0.1) is 0 Å². The smallest absolute Gasteiger partial charge is 0.243 e. The molecule has 0 spiro atoms. The molecule has 1 heterocycles. The summed E-state index contributed by atoms with van der Waals surface area (Å²) in [5.41, 5.74) is 0. The molecule has 4 heteroatoms. The second kappa shape index (κ2) is 4.99. The van der Waals surface area contributed by atoms with Crippen LogP contribution in [-0.2, 0) is 4.79 Å². The van der Waals surface area contributed by atoms with Gasteiger partial charge in [0.1, 0.15) is 0 Å². The van der Waals surface area contributed by atoms with Crippen LogP contribution in [0.25, 0.3) is 0 Å². The van der Waals surface area contributed by atoms with Gasteiger partial charge in [0, 0.05) is 32.8 Å². The number of hydrogen-bond donors (Lipinski definition) is 2. The van der Waals surface area contributed by atoms with Gasteiger partial charge >= 0.3 is 0 Å². The average Bonchev–Trinajstić information content (AvgIpc) is 2.51. The zero-order valence-corrected chi connectivity index (χ0v) is 7.86. The number of aliphatic hydroxyl groups excluding tert-OH is 1. The largest absolute Gasteiger partial charge is 0.392 e. The van der Waals surface area contributed by atoms with Crippen molar-refractivity contribution in [1.29, 1.82) is 0 Å². The van der Waals surface area contributed by atoms with E-state index >= 15 is 0 Å². The van der Waals surface area contributed by atoms with Crippen molar-refractivity contribution in [3.8, 4) is 0 Å². The lowest BCUT2D eigenvalue weighted by atomic mass is 10.3. The molecule has 1 aliphatic heterocycles. The van der Waals surface area contributed by atoms with Crippen molar-refractivity contribution in [3.63, 3.8) is 0 Å². The molecule has 0 saturated carbocycles. The second-order valence-electron chi connectivity index (χ2n) is 3.22. The number of amides is 1. The standard InChI is InChI=1S/C9H16N2O2/c1-10-9(13)3-2-5-11-6-4-8(12)7-11/h2-3,8,12H,4-7H2,1H3,(H,10,13). The van der Waals surface area contributed by atoms with E-state index in [-0.39, 0.29) is 12.0 Å².